The molecule has 36 heavy (non-hydrogen) atoms. The van der Waals surface area contributed by atoms with Gasteiger partial charge in [0, 0.05) is 36.7 Å². The Balaban J connectivity index is 1.78. The maximum atomic E-state index is 14.4. The van der Waals surface area contributed by atoms with Gasteiger partial charge in [0.15, 0.2) is 17.4 Å². The molecule has 0 saturated carbocycles. The van der Waals surface area contributed by atoms with Gasteiger partial charge in [0.05, 0.1) is 18.0 Å². The molecule has 0 radical (unpaired) electrons. The highest BCUT2D eigenvalue weighted by atomic mass is 19.1. The van der Waals surface area contributed by atoms with E-state index in [0.717, 1.165) is 12.4 Å². The lowest BCUT2D eigenvalue weighted by Crippen LogP contribution is -2.17. The molecule has 1 aromatic carbocycles. The van der Waals surface area contributed by atoms with Crippen LogP contribution in [-0.4, -0.2) is 24.9 Å². The number of nitrogens with zero attached hydrogens (tertiary/aromatic N) is 4. The molecule has 1 N–H and O–H groups in total. The van der Waals surface area contributed by atoms with Gasteiger partial charge in [-0.05, 0) is 37.6 Å². The van der Waals surface area contributed by atoms with Gasteiger partial charge in [-0.3, -0.25) is 9.78 Å². The third-order valence-electron chi connectivity index (χ3n) is 5.59. The first-order valence-electron chi connectivity index (χ1n) is 10.8. The molecule has 11 heteroatoms. The van der Waals surface area contributed by atoms with Gasteiger partial charge in [0.1, 0.15) is 5.75 Å². The molecule has 0 fully saturated rings. The number of aliphatic hydroxyl groups is 1. The van der Waals surface area contributed by atoms with Crippen LogP contribution in [0, 0.1) is 18.6 Å². The van der Waals surface area contributed by atoms with Crippen LogP contribution in [0.4, 0.5) is 8.78 Å². The molecule has 5 aromatic rings. The van der Waals surface area contributed by atoms with Crippen molar-refractivity contribution in [2.45, 2.75) is 26.4 Å². The first-order chi connectivity index (χ1) is 17.0. The summed E-state index contributed by atoms with van der Waals surface area (Å²) in [5.74, 6) is -1.98. The smallest absolute Gasteiger partial charge is 0.293 e. The van der Waals surface area contributed by atoms with Crippen molar-refractivity contribution < 1.29 is 27.5 Å². The second-order valence-electron chi connectivity index (χ2n) is 8.74. The maximum absolute atomic E-state index is 14.4. The molecule has 0 unspecified atom stereocenters. The largest absolute Gasteiger partial charge is 0.450 e. The Morgan fingerprint density at radius 2 is 1.78 bits per heavy atom. The lowest BCUT2D eigenvalue weighted by atomic mass is 9.93. The fourth-order valence-corrected chi connectivity index (χ4v) is 3.77. The number of pyridine rings is 2. The Morgan fingerprint density at radius 1 is 1.06 bits per heavy atom. The normalized spacial score (nSPS) is 11.9. The van der Waals surface area contributed by atoms with E-state index in [0.29, 0.717) is 28.0 Å². The monoisotopic (exact) mass is 494 g/mol. The minimum absolute atomic E-state index is 0.00161. The minimum atomic E-state index is -1.25. The number of aryl methyl sites for hydroxylation is 2. The van der Waals surface area contributed by atoms with Gasteiger partial charge >= 0.3 is 0 Å². The predicted molar refractivity (Wildman–Crippen MR) is 124 cm³/mol. The van der Waals surface area contributed by atoms with Gasteiger partial charge in [-0.15, -0.1) is 10.2 Å². The summed E-state index contributed by atoms with van der Waals surface area (Å²) in [5.41, 5.74) is -0.387. The topological polar surface area (TPSA) is 116 Å². The van der Waals surface area contributed by atoms with Crippen molar-refractivity contribution in [3.8, 4) is 34.3 Å². The highest BCUT2D eigenvalue weighted by Crippen LogP contribution is 2.41. The predicted octanol–water partition coefficient (Wildman–Crippen LogP) is 4.85. The molecule has 4 aromatic heterocycles. The molecular formula is C25H20F2N4O5. The molecule has 4 heterocycles. The highest BCUT2D eigenvalue weighted by molar-refractivity contribution is 5.97. The van der Waals surface area contributed by atoms with Crippen molar-refractivity contribution in [1.29, 1.82) is 0 Å². The summed E-state index contributed by atoms with van der Waals surface area (Å²) in [6.07, 6.45) is 3.21. The van der Waals surface area contributed by atoms with Crippen molar-refractivity contribution in [3.63, 3.8) is 0 Å². The second-order valence-corrected chi connectivity index (χ2v) is 8.74. The van der Waals surface area contributed by atoms with Gasteiger partial charge in [-0.1, -0.05) is 6.07 Å². The third-order valence-corrected chi connectivity index (χ3v) is 5.59. The van der Waals surface area contributed by atoms with Crippen LogP contribution >= 0.6 is 0 Å². The van der Waals surface area contributed by atoms with Crippen LogP contribution in [0.1, 0.15) is 25.3 Å². The Hall–Kier alpha value is -4.38. The van der Waals surface area contributed by atoms with E-state index in [1.165, 1.54) is 17.7 Å². The summed E-state index contributed by atoms with van der Waals surface area (Å²) in [6.45, 7) is 4.81. The molecule has 0 bridgehead atoms. The van der Waals surface area contributed by atoms with Gasteiger partial charge in [-0.2, -0.15) is 0 Å². The fraction of sp³-hybridized carbons (Fsp3) is 0.200. The lowest BCUT2D eigenvalue weighted by molar-refractivity contribution is 0.0786. The molecule has 5 rings (SSSR count). The quantitative estimate of drug-likeness (QED) is 0.369. The average molecular weight is 494 g/mol. The molecule has 0 aliphatic heterocycles. The van der Waals surface area contributed by atoms with Crippen molar-refractivity contribution in [1.82, 2.24) is 19.7 Å². The number of halogens is 2. The molecule has 184 valence electrons. The first kappa shape index (κ1) is 23.4. The summed E-state index contributed by atoms with van der Waals surface area (Å²) in [7, 11) is 1.53. The number of furan rings is 1. The number of hydrogen-bond acceptors (Lipinski definition) is 8. The molecule has 0 aliphatic rings. The van der Waals surface area contributed by atoms with Gasteiger partial charge in [0.25, 0.3) is 11.4 Å². The zero-order valence-corrected chi connectivity index (χ0v) is 19.7. The van der Waals surface area contributed by atoms with Crippen LogP contribution in [0.3, 0.4) is 0 Å². The van der Waals surface area contributed by atoms with Crippen LogP contribution in [-0.2, 0) is 12.6 Å². The molecular weight excluding hydrogens is 474 g/mol. The maximum Gasteiger partial charge on any atom is 0.293 e. The average Bonchev–Trinajstić information content (AvgIpc) is 3.45. The van der Waals surface area contributed by atoms with Crippen LogP contribution in [0.25, 0.3) is 33.7 Å². The van der Waals surface area contributed by atoms with Crippen LogP contribution < -0.4 is 10.3 Å². The summed E-state index contributed by atoms with van der Waals surface area (Å²) in [5, 5.41) is 18.7. The summed E-state index contributed by atoms with van der Waals surface area (Å²) >= 11 is 0. The number of aromatic nitrogens is 4. The van der Waals surface area contributed by atoms with E-state index in [1.54, 1.807) is 45.2 Å². The van der Waals surface area contributed by atoms with Gasteiger partial charge in [0.2, 0.25) is 17.2 Å². The number of ether oxygens (including phenoxy) is 1. The molecule has 0 amide bonds. The van der Waals surface area contributed by atoms with Crippen molar-refractivity contribution in [2.24, 2.45) is 7.05 Å². The standard InChI is InChI=1S/C25H20F2N4O5/c1-12-29-30-23(34-12)20-8-15-16(11-31(4)24(32)21(15)36-20)14-7-13(25(2,3)33)5-6-19(14)35-22-17(26)9-28-10-18(22)27/h5-11,33H,1-4H3. The fourth-order valence-electron chi connectivity index (χ4n) is 3.77. The van der Waals surface area contributed by atoms with Crippen molar-refractivity contribution >= 4 is 11.0 Å². The number of fused-ring (bicyclic) bond motifs is 1. The zero-order chi connectivity index (χ0) is 25.8. The first-order valence-corrected chi connectivity index (χ1v) is 10.8. The van der Waals surface area contributed by atoms with Crippen molar-refractivity contribution in [3.05, 3.63) is 76.3 Å². The van der Waals surface area contributed by atoms with Gasteiger partial charge in [-0.25, -0.2) is 8.78 Å². The third kappa shape index (κ3) is 4.03. The number of benzene rings is 1. The minimum Gasteiger partial charge on any atom is -0.450 e. The van der Waals surface area contributed by atoms with E-state index >= 15 is 0 Å². The molecule has 0 aliphatic carbocycles. The van der Waals surface area contributed by atoms with Crippen LogP contribution in [0.15, 0.2) is 56.5 Å². The summed E-state index contributed by atoms with van der Waals surface area (Å²) in [6, 6.07) is 6.25. The van der Waals surface area contributed by atoms with Gasteiger partial charge < -0.3 is 23.2 Å². The van der Waals surface area contributed by atoms with Crippen molar-refractivity contribution in [2.75, 3.05) is 0 Å². The van der Waals surface area contributed by atoms with E-state index in [4.69, 9.17) is 13.6 Å². The lowest BCUT2D eigenvalue weighted by Gasteiger charge is -2.21. The number of hydrogen-bond donors (Lipinski definition) is 1. The molecule has 0 spiro atoms. The van der Waals surface area contributed by atoms with E-state index in [9.17, 15) is 18.7 Å². The zero-order valence-electron chi connectivity index (χ0n) is 19.7. The van der Waals surface area contributed by atoms with Crippen LogP contribution in [0.5, 0.6) is 11.5 Å². The number of rotatable bonds is 5. The van der Waals surface area contributed by atoms with E-state index in [1.807, 2.05) is 0 Å². The molecule has 0 saturated heterocycles. The second kappa shape index (κ2) is 8.38. The summed E-state index contributed by atoms with van der Waals surface area (Å²) < 4.78 is 46.9. The van der Waals surface area contributed by atoms with Crippen LogP contribution in [0.2, 0.25) is 0 Å². The van der Waals surface area contributed by atoms with E-state index < -0.39 is 28.5 Å². The molecule has 9 nitrogen and oxygen atoms in total. The van der Waals surface area contributed by atoms with E-state index in [-0.39, 0.29) is 23.0 Å². The highest BCUT2D eigenvalue weighted by Gasteiger charge is 2.24. The molecule has 0 atom stereocenters. The van der Waals surface area contributed by atoms with E-state index in [2.05, 4.69) is 15.2 Å². The SMILES string of the molecule is Cc1nnc(-c2cc3c(-c4cc(C(C)(C)O)ccc4Oc4c(F)cncc4F)cn(C)c(=O)c3o2)o1. The Bertz CT molecular complexity index is 1660. The summed E-state index contributed by atoms with van der Waals surface area (Å²) in [4.78, 5) is 16.4. The Kier molecular flexibility index (Phi) is 5.44. The Morgan fingerprint density at radius 3 is 2.42 bits per heavy atom. The Labute approximate surface area is 202 Å².